The van der Waals surface area contributed by atoms with Gasteiger partial charge < -0.3 is 62.1 Å². The molecule has 1 aliphatic carbocycles. The quantitative estimate of drug-likeness (QED) is 0.0250. The summed E-state index contributed by atoms with van der Waals surface area (Å²) in [4.78, 5) is 112. The predicted molar refractivity (Wildman–Crippen MR) is 429 cm³/mol. The molecule has 1 saturated heterocycles. The van der Waals surface area contributed by atoms with Crippen molar-refractivity contribution in [2.75, 3.05) is 53.6 Å². The Labute approximate surface area is 690 Å². The number of rotatable bonds is 24. The summed E-state index contributed by atoms with van der Waals surface area (Å²) in [6, 6.07) is 5.52. The molecule has 0 spiro atoms. The molecule has 12 aromatic rings. The number of H-pyrrole nitrogens is 4. The van der Waals surface area contributed by atoms with E-state index in [0.29, 0.717) is 138 Å². The van der Waals surface area contributed by atoms with Gasteiger partial charge in [0.25, 0.3) is 6.43 Å². The largest absolute Gasteiger partial charge is 0.405 e. The Morgan fingerprint density at radius 3 is 1.35 bits per heavy atom. The van der Waals surface area contributed by atoms with E-state index in [9.17, 15) is 80.6 Å². The number of amides is 4. The van der Waals surface area contributed by atoms with Crippen LogP contribution in [-0.4, -0.2) is 185 Å². The lowest BCUT2D eigenvalue weighted by molar-refractivity contribution is -0.142. The lowest BCUT2D eigenvalue weighted by atomic mass is 9.76. The number of aromatic amines is 4. The molecular weight excluding hydrogens is 1670 g/mol. The van der Waals surface area contributed by atoms with E-state index in [2.05, 4.69) is 101 Å². The standard InChI is InChI=1S/C18H15ClF4N6O.C18H17ClF4N6O.C18H16ClF3N6O.C18H18ClF3N6O.9H2/c19-9-4-10-11(6-25-13(10)24-5-9)14-26-7-12(20)15(28-14)29-17(2-1-3-17)16(30)27-8-18(21,22)23;1-2-3-13(17(30)27-8-18(21,22)23)28-16-12(20)7-26-15(29-16)11-6-25-14-10(11)4-9(19)5-24-14;19-9-4-10-11(6-24-15(10)23-5-9)16-25-7-12(20)17(27-16)28-3-1-2-13(28)18(29)26-8-14(21)22;1-2-3-13(17(29)26-9-18(20,21)22)27-14-4-5-23-16(28-14)12-8-25-15-11(12)6-10(19)7-24-15;;;;;;;;;/h4-7H,1-3,8H2,(H,24,25)(H,27,30)(H,26,28,29);4-7,13H,2-3,8H2,1H3,(H,24,25)(H,27,30)(H,26,28,29);4-7,13-14H,1-3,8H2,(H,23,24)(H,26,29);4-8,13H,2-3,9H2,1H3,(H,24,25)(H,26,29)(H,23,27,28);9*1H/t;3*13-;;;;;;;;;/m.111........./s1. The minimum atomic E-state index is -4.55. The van der Waals surface area contributed by atoms with Gasteiger partial charge in [-0.2, -0.15) is 39.5 Å². The van der Waals surface area contributed by atoms with E-state index >= 15 is 0 Å². The average Bonchev–Trinajstić information content (AvgIpc) is 1.74. The molecule has 4 amide bonds. The van der Waals surface area contributed by atoms with E-state index in [4.69, 9.17) is 46.4 Å². The first-order valence-electron chi connectivity index (χ1n) is 35.7. The zero-order valence-corrected chi connectivity index (χ0v) is 64.3. The summed E-state index contributed by atoms with van der Waals surface area (Å²) in [6.45, 7) is -1.11. The molecule has 118 heavy (non-hydrogen) atoms. The molecule has 2 aliphatic rings. The van der Waals surface area contributed by atoms with Gasteiger partial charge in [-0.05, 0) is 75.3 Å². The van der Waals surface area contributed by atoms with Crippen molar-refractivity contribution in [1.82, 2.24) is 101 Å². The van der Waals surface area contributed by atoms with Gasteiger partial charge in [-0.15, -0.1) is 0 Å². The van der Waals surface area contributed by atoms with Crippen LogP contribution in [0.4, 0.5) is 84.7 Å². The Morgan fingerprint density at radius 1 is 0.517 bits per heavy atom. The second-order valence-electron chi connectivity index (χ2n) is 26.4. The molecule has 0 bridgehead atoms. The second-order valence-corrected chi connectivity index (χ2v) is 28.1. The maximum absolute atomic E-state index is 14.5. The van der Waals surface area contributed by atoms with Crippen LogP contribution in [0.25, 0.3) is 89.7 Å². The molecule has 28 nitrogen and oxygen atoms in total. The van der Waals surface area contributed by atoms with Crippen LogP contribution in [0, 0.1) is 17.5 Å². The van der Waals surface area contributed by atoms with Gasteiger partial charge in [0, 0.05) is 119 Å². The number of pyridine rings is 4. The van der Waals surface area contributed by atoms with Gasteiger partial charge in [-0.1, -0.05) is 73.1 Å². The van der Waals surface area contributed by atoms with Crippen LogP contribution in [0.2, 0.25) is 20.1 Å². The predicted octanol–water partition coefficient (Wildman–Crippen LogP) is 17.2. The van der Waals surface area contributed by atoms with Crippen molar-refractivity contribution >= 4 is 137 Å². The molecule has 11 N–H and O–H groups in total. The van der Waals surface area contributed by atoms with E-state index < -0.39 is 116 Å². The number of nitrogens with zero attached hydrogens (tertiary/aromatic N) is 13. The van der Waals surface area contributed by atoms with Crippen molar-refractivity contribution in [1.29, 1.82) is 0 Å². The summed E-state index contributed by atoms with van der Waals surface area (Å²) in [6.07, 6.45) is 4.29. The van der Waals surface area contributed by atoms with Crippen LogP contribution in [0.15, 0.2) is 105 Å². The molecule has 0 unspecified atom stereocenters. The Balaban J connectivity index is 0.000000560. The maximum Gasteiger partial charge on any atom is 0.405 e. The average molecular weight is 1760 g/mol. The molecule has 3 atom stereocenters. The molecule has 642 valence electrons. The smallest absolute Gasteiger partial charge is 0.358 e. The Morgan fingerprint density at radius 2 is 0.924 bits per heavy atom. The van der Waals surface area contributed by atoms with Gasteiger partial charge in [0.1, 0.15) is 71.7 Å². The number of hydrogen-bond acceptors (Lipinski definition) is 20. The first-order chi connectivity index (χ1) is 56.0. The van der Waals surface area contributed by atoms with E-state index in [1.807, 2.05) is 17.6 Å². The third-order valence-electron chi connectivity index (χ3n) is 17.9. The molecule has 12 aromatic heterocycles. The molecule has 1 aliphatic heterocycles. The fourth-order valence-electron chi connectivity index (χ4n) is 12.3. The summed E-state index contributed by atoms with van der Waals surface area (Å²) in [5.74, 6) is -4.90. The van der Waals surface area contributed by atoms with Crippen LogP contribution in [0.1, 0.15) is 84.5 Å². The van der Waals surface area contributed by atoms with E-state index in [1.165, 1.54) is 35.9 Å². The molecule has 46 heteroatoms. The molecule has 1 saturated carbocycles. The maximum atomic E-state index is 14.5. The number of nitrogens with one attached hydrogen (secondary N) is 11. The first kappa shape index (κ1) is 87.2. The van der Waals surface area contributed by atoms with Crippen LogP contribution in [0.5, 0.6) is 0 Å². The highest BCUT2D eigenvalue weighted by Gasteiger charge is 2.46. The number of aromatic nitrogens is 16. The number of carbonyl (C=O) groups is 4. The first-order valence-corrected chi connectivity index (χ1v) is 37.2. The zero-order chi connectivity index (χ0) is 85.0. The third-order valence-corrected chi connectivity index (χ3v) is 18.7. The number of fused-ring (bicyclic) bond motifs is 4. The lowest BCUT2D eigenvalue weighted by Gasteiger charge is -2.41. The molecular formula is C72H84Cl4F14N24O4. The van der Waals surface area contributed by atoms with Crippen molar-refractivity contribution in [3.63, 3.8) is 0 Å². The van der Waals surface area contributed by atoms with Crippen molar-refractivity contribution in [3.8, 4) is 45.6 Å². The van der Waals surface area contributed by atoms with Crippen molar-refractivity contribution in [2.24, 2.45) is 0 Å². The number of carbonyl (C=O) groups excluding carboxylic acids is 4. The third kappa shape index (κ3) is 22.3. The Kier molecular flexibility index (Phi) is 27.9. The summed E-state index contributed by atoms with van der Waals surface area (Å²) in [5.41, 5.74) is 3.12. The number of halogens is 18. The molecule has 0 radical (unpaired) electrons. The van der Waals surface area contributed by atoms with Crippen LogP contribution < -0.4 is 42.1 Å². The fourth-order valence-corrected chi connectivity index (χ4v) is 12.9. The normalized spacial score (nSPS) is 14.4. The van der Waals surface area contributed by atoms with Gasteiger partial charge in [0.05, 0.1) is 45.2 Å². The molecule has 13 heterocycles. The van der Waals surface area contributed by atoms with E-state index in [-0.39, 0.29) is 67.0 Å². The van der Waals surface area contributed by atoms with Crippen molar-refractivity contribution < 1.29 is 93.5 Å². The van der Waals surface area contributed by atoms with Gasteiger partial charge in [-0.3, -0.25) is 19.2 Å². The number of anilines is 4. The topological polar surface area (TPSA) is 374 Å². The van der Waals surface area contributed by atoms with Crippen LogP contribution in [-0.2, 0) is 19.2 Å². The molecule has 0 aromatic carbocycles. The van der Waals surface area contributed by atoms with Crippen LogP contribution >= 0.6 is 46.4 Å². The summed E-state index contributed by atoms with van der Waals surface area (Å²) in [5, 5.41) is 20.2. The molecule has 14 rings (SSSR count). The monoisotopic (exact) mass is 1750 g/mol. The lowest BCUT2D eigenvalue weighted by Crippen LogP contribution is -2.58. The number of alkyl halides is 11. The highest BCUT2D eigenvalue weighted by Crippen LogP contribution is 2.39. The van der Waals surface area contributed by atoms with E-state index in [1.54, 1.807) is 67.4 Å². The highest BCUT2D eigenvalue weighted by molar-refractivity contribution is 6.32. The molecule has 2 fully saturated rings. The van der Waals surface area contributed by atoms with Gasteiger partial charge in [-0.25, -0.2) is 81.8 Å². The van der Waals surface area contributed by atoms with Gasteiger partial charge in [0.15, 0.2) is 58.2 Å². The van der Waals surface area contributed by atoms with Gasteiger partial charge in [0.2, 0.25) is 23.6 Å². The fraction of sp³-hybridized carbons (Fsp3) is 0.333. The highest BCUT2D eigenvalue weighted by atomic mass is 35.5. The SMILES string of the molecule is CCC[C@@H](Nc1ccnc(-c2c[nH]c3ncc(Cl)cc23)n1)C(=O)NCC(F)(F)F.CCC[C@@H](Nc1nc(-c2c[nH]c3ncc(Cl)cc23)ncc1F)C(=O)NCC(F)(F)F.O=C(NCC(F)(F)F)C1(Nc2nc(-c3c[nH]c4ncc(Cl)cc34)ncc2F)CCC1.O=C(NCC(F)F)[C@H]1CCCN1c1nc(-c2c[nH]c3ncc(Cl)cc23)ncc1F.[HH].[HH].[HH].[HH].[HH].[HH].[HH].[HH].[HH]. The van der Waals surface area contributed by atoms with Crippen molar-refractivity contribution in [3.05, 3.63) is 142 Å². The second kappa shape index (κ2) is 37.7. The zero-order valence-electron chi connectivity index (χ0n) is 61.3. The summed E-state index contributed by atoms with van der Waals surface area (Å²) >= 11 is 24.0. The minimum Gasteiger partial charge on any atom is -0.358 e. The summed E-state index contributed by atoms with van der Waals surface area (Å²) in [7, 11) is 0. The summed E-state index contributed by atoms with van der Waals surface area (Å²) < 4.78 is 180. The van der Waals surface area contributed by atoms with Gasteiger partial charge >= 0.3 is 18.5 Å². The van der Waals surface area contributed by atoms with E-state index in [0.717, 1.165) is 24.0 Å². The number of hydrogen-bond donors (Lipinski definition) is 11. The minimum absolute atomic E-state index is 0. The Hall–Kier alpha value is -11.7. The van der Waals surface area contributed by atoms with Crippen molar-refractivity contribution in [2.45, 2.75) is 120 Å². The Bertz CT molecular complexity index is 5620. The van der Waals surface area contributed by atoms with Crippen LogP contribution in [0.3, 0.4) is 0 Å².